The summed E-state index contributed by atoms with van der Waals surface area (Å²) in [6.07, 6.45) is 25.7. The van der Waals surface area contributed by atoms with Crippen LogP contribution in [0.2, 0.25) is 0 Å². The monoisotopic (exact) mass is 869 g/mol. The van der Waals surface area contributed by atoms with Crippen molar-refractivity contribution in [2.24, 2.45) is 0 Å². The summed E-state index contributed by atoms with van der Waals surface area (Å²) in [6, 6.07) is 44.5. The highest BCUT2D eigenvalue weighted by atomic mass is 15.0. The van der Waals surface area contributed by atoms with Gasteiger partial charge in [-0.25, -0.2) is 29.9 Å². The molecule has 0 saturated heterocycles. The number of hydrogen-bond donors (Lipinski definition) is 0. The quantitative estimate of drug-likeness (QED) is 0.136. The lowest BCUT2D eigenvalue weighted by Gasteiger charge is -2.22. The number of hydrogen-bond acceptors (Lipinski definition) is 6. The molecule has 0 atom stereocenters. The van der Waals surface area contributed by atoms with Crippen LogP contribution >= 0.6 is 0 Å². The molecule has 4 saturated carbocycles. The van der Waals surface area contributed by atoms with Gasteiger partial charge in [-0.1, -0.05) is 168 Å². The average Bonchev–Trinajstić information content (AvgIpc) is 3.42. The highest BCUT2D eigenvalue weighted by Gasteiger charge is 2.23. The molecule has 2 heterocycles. The number of rotatable bonds is 10. The Labute approximate surface area is 392 Å². The van der Waals surface area contributed by atoms with Crippen molar-refractivity contribution in [1.82, 2.24) is 29.9 Å². The Kier molecular flexibility index (Phi) is 12.9. The van der Waals surface area contributed by atoms with Crippen molar-refractivity contribution < 1.29 is 0 Å². The Morgan fingerprint density at radius 1 is 0.227 bits per heavy atom. The number of aromatic nitrogens is 6. The summed E-state index contributed by atoms with van der Waals surface area (Å²) in [4.78, 5) is 31.7. The smallest absolute Gasteiger partial charge is 0.164 e. The van der Waals surface area contributed by atoms with E-state index in [4.69, 9.17) is 29.9 Å². The van der Waals surface area contributed by atoms with E-state index in [9.17, 15) is 0 Å². The number of nitrogens with zero attached hydrogens (tertiary/aromatic N) is 6. The van der Waals surface area contributed by atoms with E-state index in [2.05, 4.69) is 121 Å². The standard InChI is InChI=1S/C60H64N6/c1-5-18-41(19-6-1)45-26-13-30-49(36-45)55-61-56(50-31-14-27-46(37-50)42-20-7-2-8-21-42)64-59(63-55)53-34-17-35-54(40-53)60-65-57(51-32-15-28-47(38-51)43-22-9-3-10-23-43)62-58(66-60)52-33-16-29-48(39-52)44-24-11-4-12-25-44/h13-17,26-44H,1-12,18-25H2. The van der Waals surface area contributed by atoms with Gasteiger partial charge in [0.1, 0.15) is 0 Å². The number of benzene rings is 5. The highest BCUT2D eigenvalue weighted by Crippen LogP contribution is 2.39. The van der Waals surface area contributed by atoms with Crippen LogP contribution in [0.5, 0.6) is 0 Å². The molecule has 66 heavy (non-hydrogen) atoms. The molecule has 5 aromatic carbocycles. The van der Waals surface area contributed by atoms with E-state index >= 15 is 0 Å². The van der Waals surface area contributed by atoms with Crippen molar-refractivity contribution in [3.8, 4) is 68.3 Å². The molecule has 0 unspecified atom stereocenters. The highest BCUT2D eigenvalue weighted by molar-refractivity contribution is 5.73. The second-order valence-corrected chi connectivity index (χ2v) is 20.0. The lowest BCUT2D eigenvalue weighted by molar-refractivity contribution is 0.443. The molecule has 0 amide bonds. The first-order valence-corrected chi connectivity index (χ1v) is 25.7. The second kappa shape index (κ2) is 19.9. The van der Waals surface area contributed by atoms with Gasteiger partial charge < -0.3 is 0 Å². The van der Waals surface area contributed by atoms with Gasteiger partial charge >= 0.3 is 0 Å². The van der Waals surface area contributed by atoms with E-state index < -0.39 is 0 Å². The predicted octanol–water partition coefficient (Wildman–Crippen LogP) is 16.2. The van der Waals surface area contributed by atoms with E-state index in [1.807, 2.05) is 0 Å². The Morgan fingerprint density at radius 3 is 0.652 bits per heavy atom. The molecular formula is C60H64N6. The first-order valence-electron chi connectivity index (χ1n) is 25.7. The largest absolute Gasteiger partial charge is 0.208 e. The molecular weight excluding hydrogens is 805 g/mol. The third-order valence-electron chi connectivity index (χ3n) is 15.5. The summed E-state index contributed by atoms with van der Waals surface area (Å²) in [7, 11) is 0. The van der Waals surface area contributed by atoms with Crippen LogP contribution < -0.4 is 0 Å². The van der Waals surface area contributed by atoms with Crippen LogP contribution in [-0.4, -0.2) is 29.9 Å². The molecule has 4 fully saturated rings. The molecule has 11 rings (SSSR count). The fourth-order valence-corrected chi connectivity index (χ4v) is 11.8. The Morgan fingerprint density at radius 2 is 0.424 bits per heavy atom. The van der Waals surface area contributed by atoms with Gasteiger partial charge in [0.05, 0.1) is 0 Å². The van der Waals surface area contributed by atoms with Gasteiger partial charge in [0.15, 0.2) is 34.9 Å². The molecule has 7 aromatic rings. The molecule has 0 radical (unpaired) electrons. The topological polar surface area (TPSA) is 77.3 Å². The van der Waals surface area contributed by atoms with E-state index in [1.165, 1.54) is 151 Å². The molecule has 0 aliphatic heterocycles. The molecule has 0 N–H and O–H groups in total. The average molecular weight is 869 g/mol. The van der Waals surface area contributed by atoms with Gasteiger partial charge in [-0.3, -0.25) is 0 Å². The maximum atomic E-state index is 5.30. The van der Waals surface area contributed by atoms with Crippen molar-refractivity contribution in [1.29, 1.82) is 0 Å². The molecule has 6 nitrogen and oxygen atoms in total. The normalized spacial score (nSPS) is 18.1. The Bertz CT molecular complexity index is 2420. The zero-order valence-electron chi connectivity index (χ0n) is 38.7. The minimum Gasteiger partial charge on any atom is -0.208 e. The maximum absolute atomic E-state index is 5.30. The van der Waals surface area contributed by atoms with E-state index in [-0.39, 0.29) is 0 Å². The summed E-state index contributed by atoms with van der Waals surface area (Å²) in [6.45, 7) is 0. The van der Waals surface area contributed by atoms with Gasteiger partial charge in [-0.2, -0.15) is 0 Å². The molecule has 4 aliphatic rings. The SMILES string of the molecule is c1cc(-c2nc(-c3cccc(C4CCCCC4)c3)nc(-c3cccc(C4CCCCC4)c3)n2)cc(-c2nc(-c3cccc(C4CCCCC4)c3)nc(-c3cccc(C4CCCCC4)c3)n2)c1. The lowest BCUT2D eigenvalue weighted by Crippen LogP contribution is -2.06. The van der Waals surface area contributed by atoms with Gasteiger partial charge in [-0.05, 0) is 128 Å². The summed E-state index contributed by atoms with van der Waals surface area (Å²) >= 11 is 0. The summed E-state index contributed by atoms with van der Waals surface area (Å²) in [5.41, 5.74) is 11.6. The fraction of sp³-hybridized carbons (Fsp3) is 0.400. The Balaban J connectivity index is 1.01. The van der Waals surface area contributed by atoms with Crippen molar-refractivity contribution >= 4 is 0 Å². The summed E-state index contributed by atoms with van der Waals surface area (Å²) in [5.74, 6) is 6.48. The summed E-state index contributed by atoms with van der Waals surface area (Å²) < 4.78 is 0. The zero-order valence-corrected chi connectivity index (χ0v) is 38.7. The van der Waals surface area contributed by atoms with Gasteiger partial charge in [0, 0.05) is 33.4 Å². The van der Waals surface area contributed by atoms with Crippen LogP contribution in [0.3, 0.4) is 0 Å². The van der Waals surface area contributed by atoms with Crippen LogP contribution in [0.4, 0.5) is 0 Å². The Hall–Kier alpha value is -5.88. The molecule has 6 heteroatoms. The van der Waals surface area contributed by atoms with E-state index in [0.29, 0.717) is 58.6 Å². The van der Waals surface area contributed by atoms with Crippen molar-refractivity contribution in [3.05, 3.63) is 144 Å². The van der Waals surface area contributed by atoms with Crippen LogP contribution in [0.1, 0.15) is 174 Å². The maximum Gasteiger partial charge on any atom is 0.164 e. The van der Waals surface area contributed by atoms with Gasteiger partial charge in [0.25, 0.3) is 0 Å². The van der Waals surface area contributed by atoms with Crippen LogP contribution in [0.15, 0.2) is 121 Å². The van der Waals surface area contributed by atoms with Crippen molar-refractivity contribution in [2.45, 2.75) is 152 Å². The van der Waals surface area contributed by atoms with Gasteiger partial charge in [0.2, 0.25) is 0 Å². The zero-order chi connectivity index (χ0) is 44.1. The first kappa shape index (κ1) is 42.7. The third-order valence-corrected chi connectivity index (χ3v) is 15.5. The minimum atomic E-state index is 0.586. The molecule has 334 valence electrons. The molecule has 0 spiro atoms. The lowest BCUT2D eigenvalue weighted by atomic mass is 9.83. The van der Waals surface area contributed by atoms with Gasteiger partial charge in [-0.15, -0.1) is 0 Å². The van der Waals surface area contributed by atoms with E-state index in [1.54, 1.807) is 0 Å². The second-order valence-electron chi connectivity index (χ2n) is 20.0. The van der Waals surface area contributed by atoms with E-state index in [0.717, 1.165) is 33.4 Å². The van der Waals surface area contributed by atoms with Crippen LogP contribution in [-0.2, 0) is 0 Å². The predicted molar refractivity (Wildman–Crippen MR) is 269 cm³/mol. The molecule has 2 aromatic heterocycles. The minimum absolute atomic E-state index is 0.586. The van der Waals surface area contributed by atoms with Crippen LogP contribution in [0.25, 0.3) is 68.3 Å². The fourth-order valence-electron chi connectivity index (χ4n) is 11.8. The molecule has 4 aliphatic carbocycles. The van der Waals surface area contributed by atoms with Crippen molar-refractivity contribution in [2.75, 3.05) is 0 Å². The van der Waals surface area contributed by atoms with Crippen molar-refractivity contribution in [3.63, 3.8) is 0 Å². The first-order chi connectivity index (χ1) is 32.7. The summed E-state index contributed by atoms with van der Waals surface area (Å²) in [5, 5.41) is 0. The van der Waals surface area contributed by atoms with Crippen LogP contribution in [0, 0.1) is 0 Å². The third kappa shape index (κ3) is 9.66. The molecule has 0 bridgehead atoms.